The molecule has 17 heavy (non-hydrogen) atoms. The quantitative estimate of drug-likeness (QED) is 0.846. The van der Waals surface area contributed by atoms with Crippen LogP contribution in [0.3, 0.4) is 0 Å². The molecule has 1 aliphatic rings. The van der Waals surface area contributed by atoms with Crippen molar-refractivity contribution in [2.45, 2.75) is 16.6 Å². The molecule has 2 aromatic rings. The van der Waals surface area contributed by atoms with Gasteiger partial charge in [-0.2, -0.15) is 0 Å². The van der Waals surface area contributed by atoms with Crippen molar-refractivity contribution in [3.63, 3.8) is 0 Å². The number of phenolic OH excluding ortho intramolecular Hbond substituents is 1. The molecule has 88 valence electrons. The summed E-state index contributed by atoms with van der Waals surface area (Å²) < 4.78 is 2.14. The molecule has 5 heteroatoms. The van der Waals surface area contributed by atoms with Crippen LogP contribution in [-0.4, -0.2) is 26.7 Å². The highest BCUT2D eigenvalue weighted by Gasteiger charge is 2.16. The molecule has 0 saturated carbocycles. The normalized spacial score (nSPS) is 13.9. The molecule has 2 heterocycles. The topological polar surface area (TPSA) is 38.0 Å². The second kappa shape index (κ2) is 4.31. The number of nitrogens with zero attached hydrogens (tertiary/aromatic N) is 2. The van der Waals surface area contributed by atoms with E-state index in [1.54, 1.807) is 29.6 Å². The summed E-state index contributed by atoms with van der Waals surface area (Å²) in [4.78, 5) is 5.60. The average Bonchev–Trinajstić information content (AvgIpc) is 2.89. The van der Waals surface area contributed by atoms with E-state index in [-0.39, 0.29) is 0 Å². The number of aryl methyl sites for hydroxylation is 1. The first-order chi connectivity index (χ1) is 8.28. The summed E-state index contributed by atoms with van der Waals surface area (Å²) in [6.07, 6.45) is 4.01. The molecule has 0 unspecified atom stereocenters. The monoisotopic (exact) mass is 264 g/mol. The van der Waals surface area contributed by atoms with E-state index < -0.39 is 0 Å². The van der Waals surface area contributed by atoms with Crippen LogP contribution in [0.4, 0.5) is 0 Å². The van der Waals surface area contributed by atoms with E-state index in [0.29, 0.717) is 5.75 Å². The first-order valence-electron chi connectivity index (χ1n) is 5.35. The summed E-state index contributed by atoms with van der Waals surface area (Å²) in [5.74, 6) is 1.40. The summed E-state index contributed by atoms with van der Waals surface area (Å²) >= 11 is 3.38. The number of phenols is 1. The van der Waals surface area contributed by atoms with E-state index in [1.165, 1.54) is 0 Å². The minimum absolute atomic E-state index is 0.304. The maximum Gasteiger partial charge on any atom is 0.168 e. The zero-order valence-corrected chi connectivity index (χ0v) is 11.0. The summed E-state index contributed by atoms with van der Waals surface area (Å²) in [5, 5.41) is 11.0. The Labute approximate surface area is 108 Å². The number of thioether (sulfide) groups is 2. The highest BCUT2D eigenvalue weighted by molar-refractivity contribution is 7.99. The van der Waals surface area contributed by atoms with Crippen LogP contribution < -0.4 is 0 Å². The number of aromatic nitrogens is 2. The van der Waals surface area contributed by atoms with Crippen molar-refractivity contribution in [3.8, 4) is 17.0 Å². The molecule has 1 aromatic heterocycles. The van der Waals surface area contributed by atoms with E-state index >= 15 is 0 Å². The second-order valence-electron chi connectivity index (χ2n) is 3.83. The lowest BCUT2D eigenvalue weighted by atomic mass is 10.1. The van der Waals surface area contributed by atoms with Crippen molar-refractivity contribution in [2.75, 3.05) is 12.0 Å². The SMILES string of the molecule is CSc1ccc(-c2cn3c(n2)SCC3)c(O)c1. The fraction of sp³-hybridized carbons (Fsp3) is 0.250. The van der Waals surface area contributed by atoms with Gasteiger partial charge < -0.3 is 9.67 Å². The minimum atomic E-state index is 0.304. The van der Waals surface area contributed by atoms with Crippen LogP contribution in [0, 0.1) is 0 Å². The number of rotatable bonds is 2. The molecule has 0 fully saturated rings. The van der Waals surface area contributed by atoms with Crippen LogP contribution in [0.5, 0.6) is 5.75 Å². The van der Waals surface area contributed by atoms with Crippen molar-refractivity contribution in [2.24, 2.45) is 0 Å². The van der Waals surface area contributed by atoms with Gasteiger partial charge in [-0.25, -0.2) is 4.98 Å². The molecular weight excluding hydrogens is 252 g/mol. The van der Waals surface area contributed by atoms with Gasteiger partial charge in [0, 0.05) is 29.0 Å². The van der Waals surface area contributed by atoms with Crippen molar-refractivity contribution in [1.29, 1.82) is 0 Å². The molecule has 0 radical (unpaired) electrons. The molecule has 3 rings (SSSR count). The molecule has 3 nitrogen and oxygen atoms in total. The Morgan fingerprint density at radius 1 is 1.47 bits per heavy atom. The van der Waals surface area contributed by atoms with E-state index in [0.717, 1.165) is 33.6 Å². The molecule has 0 saturated heterocycles. The van der Waals surface area contributed by atoms with E-state index in [1.807, 2.05) is 24.6 Å². The van der Waals surface area contributed by atoms with Crippen molar-refractivity contribution in [1.82, 2.24) is 9.55 Å². The van der Waals surface area contributed by atoms with Gasteiger partial charge in [0.1, 0.15) is 5.75 Å². The van der Waals surface area contributed by atoms with Gasteiger partial charge in [-0.15, -0.1) is 11.8 Å². The number of fused-ring (bicyclic) bond motifs is 1. The van der Waals surface area contributed by atoms with Gasteiger partial charge in [-0.3, -0.25) is 0 Å². The summed E-state index contributed by atoms with van der Waals surface area (Å²) in [6.45, 7) is 1.01. The molecule has 0 aliphatic carbocycles. The van der Waals surface area contributed by atoms with Crippen LogP contribution >= 0.6 is 23.5 Å². The first kappa shape index (κ1) is 11.0. The van der Waals surface area contributed by atoms with Gasteiger partial charge in [0.15, 0.2) is 5.16 Å². The van der Waals surface area contributed by atoms with Crippen LogP contribution in [0.2, 0.25) is 0 Å². The first-order valence-corrected chi connectivity index (χ1v) is 7.56. The predicted octanol–water partition coefficient (Wildman–Crippen LogP) is 3.08. The molecule has 1 N–H and O–H groups in total. The lowest BCUT2D eigenvalue weighted by Crippen LogP contribution is -1.89. The molecule has 1 aliphatic heterocycles. The number of benzene rings is 1. The Balaban J connectivity index is 2.03. The third-order valence-corrected chi connectivity index (χ3v) is 4.48. The maximum atomic E-state index is 10.00. The fourth-order valence-electron chi connectivity index (χ4n) is 1.89. The maximum absolute atomic E-state index is 10.00. The van der Waals surface area contributed by atoms with Gasteiger partial charge in [0.05, 0.1) is 5.69 Å². The summed E-state index contributed by atoms with van der Waals surface area (Å²) in [5.41, 5.74) is 1.67. The van der Waals surface area contributed by atoms with Crippen molar-refractivity contribution < 1.29 is 5.11 Å². The van der Waals surface area contributed by atoms with Gasteiger partial charge >= 0.3 is 0 Å². The van der Waals surface area contributed by atoms with Gasteiger partial charge in [0.2, 0.25) is 0 Å². The lowest BCUT2D eigenvalue weighted by molar-refractivity contribution is 0.475. The highest BCUT2D eigenvalue weighted by Crippen LogP contribution is 2.34. The Hall–Kier alpha value is -1.07. The molecule has 1 aromatic carbocycles. The predicted molar refractivity (Wildman–Crippen MR) is 71.8 cm³/mol. The lowest BCUT2D eigenvalue weighted by Gasteiger charge is -2.03. The largest absolute Gasteiger partial charge is 0.507 e. The molecule has 0 atom stereocenters. The number of hydrogen-bond donors (Lipinski definition) is 1. The molecule has 0 amide bonds. The van der Waals surface area contributed by atoms with Crippen molar-refractivity contribution >= 4 is 23.5 Å². The van der Waals surface area contributed by atoms with Crippen LogP contribution in [0.25, 0.3) is 11.3 Å². The van der Waals surface area contributed by atoms with Crippen LogP contribution in [-0.2, 0) is 6.54 Å². The van der Waals surface area contributed by atoms with Crippen molar-refractivity contribution in [3.05, 3.63) is 24.4 Å². The Morgan fingerprint density at radius 3 is 3.06 bits per heavy atom. The summed E-state index contributed by atoms with van der Waals surface area (Å²) in [7, 11) is 0. The van der Waals surface area contributed by atoms with Crippen LogP contribution in [0.15, 0.2) is 34.4 Å². The van der Waals surface area contributed by atoms with Gasteiger partial charge in [0.25, 0.3) is 0 Å². The second-order valence-corrected chi connectivity index (χ2v) is 5.78. The third kappa shape index (κ3) is 1.93. The fourth-order valence-corrected chi connectivity index (χ4v) is 3.27. The Bertz CT molecular complexity index is 544. The van der Waals surface area contributed by atoms with Crippen LogP contribution in [0.1, 0.15) is 0 Å². The standard InChI is InChI=1S/C12H12N2OS2/c1-16-8-2-3-9(11(15)6-8)10-7-14-4-5-17-12(14)13-10/h2-3,6-7,15H,4-5H2,1H3. The molecule has 0 spiro atoms. The van der Waals surface area contributed by atoms with Gasteiger partial charge in [-0.05, 0) is 24.5 Å². The van der Waals surface area contributed by atoms with E-state index in [2.05, 4.69) is 9.55 Å². The van der Waals surface area contributed by atoms with Gasteiger partial charge in [-0.1, -0.05) is 11.8 Å². The van der Waals surface area contributed by atoms with E-state index in [4.69, 9.17) is 0 Å². The third-order valence-electron chi connectivity index (χ3n) is 2.78. The van der Waals surface area contributed by atoms with E-state index in [9.17, 15) is 5.11 Å². The minimum Gasteiger partial charge on any atom is -0.507 e. The number of hydrogen-bond acceptors (Lipinski definition) is 4. The average molecular weight is 264 g/mol. The molecule has 0 bridgehead atoms. The number of aromatic hydroxyl groups is 1. The Morgan fingerprint density at radius 2 is 2.35 bits per heavy atom. The highest BCUT2D eigenvalue weighted by atomic mass is 32.2. The molecular formula is C12H12N2OS2. The Kier molecular flexibility index (Phi) is 2.80. The smallest absolute Gasteiger partial charge is 0.168 e. The zero-order chi connectivity index (χ0) is 11.8. The zero-order valence-electron chi connectivity index (χ0n) is 9.38. The summed E-state index contributed by atoms with van der Waals surface area (Å²) in [6, 6.07) is 5.73. The number of imidazole rings is 1.